The smallest absolute Gasteiger partial charge is 0.270 e. The van der Waals surface area contributed by atoms with Gasteiger partial charge in [0.25, 0.3) is 11.6 Å². The minimum atomic E-state index is -0.546. The summed E-state index contributed by atoms with van der Waals surface area (Å²) in [6, 6.07) is 23.1. The molecule has 1 atom stereocenters. The predicted molar refractivity (Wildman–Crippen MR) is 105 cm³/mol. The zero-order valence-electron chi connectivity index (χ0n) is 14.3. The number of hydrogen-bond donors (Lipinski definition) is 1. The van der Waals surface area contributed by atoms with Crippen LogP contribution in [0.2, 0.25) is 5.02 Å². The van der Waals surface area contributed by atoms with E-state index < -0.39 is 4.92 Å². The van der Waals surface area contributed by atoms with Gasteiger partial charge in [-0.1, -0.05) is 72.3 Å². The van der Waals surface area contributed by atoms with Crippen molar-refractivity contribution < 1.29 is 9.72 Å². The van der Waals surface area contributed by atoms with E-state index in [1.54, 1.807) is 0 Å². The Balaban J connectivity index is 1.85. The van der Waals surface area contributed by atoms with E-state index in [4.69, 9.17) is 11.6 Å². The van der Waals surface area contributed by atoms with Crippen LogP contribution in [0.15, 0.2) is 78.9 Å². The van der Waals surface area contributed by atoms with Crippen LogP contribution in [0.1, 0.15) is 27.5 Å². The number of nitro groups is 1. The minimum Gasteiger partial charge on any atom is -0.345 e. The molecule has 136 valence electrons. The number of rotatable bonds is 6. The summed E-state index contributed by atoms with van der Waals surface area (Å²) < 4.78 is 0. The highest BCUT2D eigenvalue weighted by Gasteiger charge is 2.19. The van der Waals surface area contributed by atoms with E-state index in [0.717, 1.165) is 11.1 Å². The topological polar surface area (TPSA) is 72.2 Å². The average Bonchev–Trinajstić information content (AvgIpc) is 2.68. The molecule has 0 aliphatic heterocycles. The monoisotopic (exact) mass is 380 g/mol. The van der Waals surface area contributed by atoms with E-state index >= 15 is 0 Å². The second-order valence-corrected chi connectivity index (χ2v) is 6.45. The number of benzene rings is 3. The molecule has 3 aromatic rings. The highest BCUT2D eigenvalue weighted by atomic mass is 35.5. The quantitative estimate of drug-likeness (QED) is 0.485. The third-order valence-corrected chi connectivity index (χ3v) is 4.51. The van der Waals surface area contributed by atoms with Crippen molar-refractivity contribution in [1.29, 1.82) is 0 Å². The van der Waals surface area contributed by atoms with Crippen molar-refractivity contribution >= 4 is 23.2 Å². The van der Waals surface area contributed by atoms with Gasteiger partial charge in [-0.2, -0.15) is 0 Å². The lowest BCUT2D eigenvalue weighted by atomic mass is 9.98. The Bertz CT molecular complexity index is 946. The zero-order chi connectivity index (χ0) is 19.2. The summed E-state index contributed by atoms with van der Waals surface area (Å²) in [7, 11) is 0. The van der Waals surface area contributed by atoms with Gasteiger partial charge >= 0.3 is 0 Å². The number of nitrogens with zero attached hydrogens (tertiary/aromatic N) is 1. The number of nitrogens with one attached hydrogen (secondary N) is 1. The molecule has 0 heterocycles. The fourth-order valence-corrected chi connectivity index (χ4v) is 3.09. The molecule has 0 fully saturated rings. The van der Waals surface area contributed by atoms with Gasteiger partial charge in [-0.05, 0) is 23.6 Å². The standard InChI is InChI=1S/C21H17ClN2O3/c22-19-14-17(24(26)27)11-12-18(19)21(25)23-20(16-9-5-2-6-10-16)13-15-7-3-1-4-8-15/h1-12,14,20H,13H2,(H,23,25)/t20-/m0/s1. The Morgan fingerprint density at radius 3 is 2.22 bits per heavy atom. The van der Waals surface area contributed by atoms with E-state index in [1.807, 2.05) is 60.7 Å². The van der Waals surface area contributed by atoms with E-state index in [2.05, 4.69) is 5.32 Å². The summed E-state index contributed by atoms with van der Waals surface area (Å²) in [6.45, 7) is 0. The second-order valence-electron chi connectivity index (χ2n) is 6.05. The fourth-order valence-electron chi connectivity index (χ4n) is 2.83. The van der Waals surface area contributed by atoms with Crippen molar-refractivity contribution in [2.75, 3.05) is 0 Å². The van der Waals surface area contributed by atoms with Crippen LogP contribution < -0.4 is 5.32 Å². The molecule has 6 heteroatoms. The van der Waals surface area contributed by atoms with Crippen molar-refractivity contribution in [2.24, 2.45) is 0 Å². The van der Waals surface area contributed by atoms with Gasteiger partial charge in [0.05, 0.1) is 21.6 Å². The lowest BCUT2D eigenvalue weighted by Crippen LogP contribution is -2.30. The predicted octanol–water partition coefficient (Wildman–Crippen LogP) is 4.96. The maximum atomic E-state index is 12.8. The number of amides is 1. The lowest BCUT2D eigenvalue weighted by Gasteiger charge is -2.20. The van der Waals surface area contributed by atoms with Crippen LogP contribution in [-0.4, -0.2) is 10.8 Å². The van der Waals surface area contributed by atoms with Gasteiger partial charge in [0.1, 0.15) is 0 Å². The first-order valence-electron chi connectivity index (χ1n) is 8.38. The highest BCUT2D eigenvalue weighted by Crippen LogP contribution is 2.24. The first-order valence-corrected chi connectivity index (χ1v) is 8.76. The maximum absolute atomic E-state index is 12.8. The van der Waals surface area contributed by atoms with Crippen LogP contribution in [-0.2, 0) is 6.42 Å². The molecule has 0 saturated carbocycles. The van der Waals surface area contributed by atoms with Crippen molar-refractivity contribution in [3.8, 4) is 0 Å². The van der Waals surface area contributed by atoms with Crippen LogP contribution in [0, 0.1) is 10.1 Å². The van der Waals surface area contributed by atoms with E-state index in [-0.39, 0.29) is 28.2 Å². The van der Waals surface area contributed by atoms with Crippen LogP contribution in [0.25, 0.3) is 0 Å². The SMILES string of the molecule is O=C(N[C@@H](Cc1ccccc1)c1ccccc1)c1ccc([N+](=O)[O-])cc1Cl. The molecule has 0 bridgehead atoms. The third-order valence-electron chi connectivity index (χ3n) is 4.20. The second kappa shape index (κ2) is 8.47. The molecule has 5 nitrogen and oxygen atoms in total. The van der Waals surface area contributed by atoms with Gasteiger partial charge in [0.2, 0.25) is 0 Å². The van der Waals surface area contributed by atoms with E-state index in [0.29, 0.717) is 6.42 Å². The molecular weight excluding hydrogens is 364 g/mol. The average molecular weight is 381 g/mol. The van der Waals surface area contributed by atoms with Gasteiger partial charge in [0, 0.05) is 12.1 Å². The van der Waals surface area contributed by atoms with Crippen LogP contribution in [0.3, 0.4) is 0 Å². The number of carbonyl (C=O) groups excluding carboxylic acids is 1. The third kappa shape index (κ3) is 4.71. The number of non-ortho nitro benzene ring substituents is 1. The molecule has 0 unspecified atom stereocenters. The molecule has 0 aromatic heterocycles. The van der Waals surface area contributed by atoms with E-state index in [9.17, 15) is 14.9 Å². The van der Waals surface area contributed by atoms with Gasteiger partial charge in [-0.25, -0.2) is 0 Å². The molecule has 3 aromatic carbocycles. The van der Waals surface area contributed by atoms with Crippen LogP contribution in [0.4, 0.5) is 5.69 Å². The molecular formula is C21H17ClN2O3. The molecule has 1 N–H and O–H groups in total. The summed E-state index contributed by atoms with van der Waals surface area (Å²) in [5, 5.41) is 13.9. The molecule has 0 aliphatic carbocycles. The number of hydrogen-bond acceptors (Lipinski definition) is 3. The molecule has 27 heavy (non-hydrogen) atoms. The zero-order valence-corrected chi connectivity index (χ0v) is 15.1. The maximum Gasteiger partial charge on any atom is 0.270 e. The minimum absolute atomic E-state index is 0.0493. The fraction of sp³-hybridized carbons (Fsp3) is 0.0952. The Hall–Kier alpha value is -3.18. The van der Waals surface area contributed by atoms with Crippen molar-refractivity contribution in [3.05, 3.63) is 111 Å². The van der Waals surface area contributed by atoms with Gasteiger partial charge in [-0.15, -0.1) is 0 Å². The Morgan fingerprint density at radius 2 is 1.63 bits per heavy atom. The summed E-state index contributed by atoms with van der Waals surface area (Å²) in [5.41, 5.74) is 2.10. The lowest BCUT2D eigenvalue weighted by molar-refractivity contribution is -0.384. The number of carbonyl (C=O) groups is 1. The van der Waals surface area contributed by atoms with Gasteiger partial charge in [0.15, 0.2) is 0 Å². The van der Waals surface area contributed by atoms with Crippen molar-refractivity contribution in [1.82, 2.24) is 5.32 Å². The summed E-state index contributed by atoms with van der Waals surface area (Å²) in [6.07, 6.45) is 0.612. The van der Waals surface area contributed by atoms with Crippen molar-refractivity contribution in [2.45, 2.75) is 12.5 Å². The molecule has 0 spiro atoms. The van der Waals surface area contributed by atoms with Gasteiger partial charge < -0.3 is 5.32 Å². The normalized spacial score (nSPS) is 11.6. The Morgan fingerprint density at radius 1 is 1.00 bits per heavy atom. The molecule has 0 saturated heterocycles. The Labute approximate surface area is 161 Å². The molecule has 0 aliphatic rings. The summed E-state index contributed by atoms with van der Waals surface area (Å²) >= 11 is 6.09. The largest absolute Gasteiger partial charge is 0.345 e. The van der Waals surface area contributed by atoms with Crippen LogP contribution >= 0.6 is 11.6 Å². The van der Waals surface area contributed by atoms with E-state index in [1.165, 1.54) is 18.2 Å². The molecule has 1 amide bonds. The summed E-state index contributed by atoms with van der Waals surface area (Å²) in [5.74, 6) is -0.375. The number of nitro benzene ring substituents is 1. The first-order chi connectivity index (χ1) is 13.0. The number of halogens is 1. The van der Waals surface area contributed by atoms with Gasteiger partial charge in [-0.3, -0.25) is 14.9 Å². The summed E-state index contributed by atoms with van der Waals surface area (Å²) in [4.78, 5) is 23.1. The van der Waals surface area contributed by atoms with Crippen LogP contribution in [0.5, 0.6) is 0 Å². The molecule has 0 radical (unpaired) electrons. The van der Waals surface area contributed by atoms with Crippen molar-refractivity contribution in [3.63, 3.8) is 0 Å². The first kappa shape index (κ1) is 18.6. The highest BCUT2D eigenvalue weighted by molar-refractivity contribution is 6.34. The molecule has 3 rings (SSSR count). The Kier molecular flexibility index (Phi) is 5.84.